The van der Waals surface area contributed by atoms with Gasteiger partial charge in [0.25, 0.3) is 0 Å². The van der Waals surface area contributed by atoms with Gasteiger partial charge in [-0.25, -0.2) is 0 Å². The van der Waals surface area contributed by atoms with Crippen LogP contribution in [0.4, 0.5) is 0 Å². The summed E-state index contributed by atoms with van der Waals surface area (Å²) >= 11 is 0. The molecule has 0 spiro atoms. The van der Waals surface area contributed by atoms with Gasteiger partial charge in [-0.05, 0) is 12.8 Å². The lowest BCUT2D eigenvalue weighted by Crippen LogP contribution is -2.45. The molecule has 0 bridgehead atoms. The summed E-state index contributed by atoms with van der Waals surface area (Å²) in [5.74, 6) is -0.0310. The normalized spacial score (nSPS) is 12.9. The fraction of sp³-hybridized carbons (Fsp3) is 0.974. The third-order valence-electron chi connectivity index (χ3n) is 9.37. The molecule has 0 fully saturated rings. The zero-order valence-corrected chi connectivity index (χ0v) is 29.5. The van der Waals surface area contributed by atoms with Gasteiger partial charge in [-0.2, -0.15) is 0 Å². The minimum absolute atomic E-state index is 0.0310. The van der Waals surface area contributed by atoms with Crippen molar-refractivity contribution in [3.05, 3.63) is 0 Å². The maximum absolute atomic E-state index is 12.3. The van der Waals surface area contributed by atoms with E-state index in [2.05, 4.69) is 19.2 Å². The molecule has 43 heavy (non-hydrogen) atoms. The molecule has 3 N–H and O–H groups in total. The molecule has 0 rings (SSSR count). The number of carbonyl (C=O) groups is 1. The highest BCUT2D eigenvalue weighted by Crippen LogP contribution is 2.16. The summed E-state index contributed by atoms with van der Waals surface area (Å²) in [5, 5.41) is 23.0. The molecule has 4 heteroatoms. The van der Waals surface area contributed by atoms with E-state index in [0.717, 1.165) is 25.7 Å². The highest BCUT2D eigenvalue weighted by atomic mass is 16.3. The molecule has 0 aliphatic rings. The van der Waals surface area contributed by atoms with Crippen LogP contribution in [0.3, 0.4) is 0 Å². The van der Waals surface area contributed by atoms with E-state index in [0.29, 0.717) is 12.8 Å². The van der Waals surface area contributed by atoms with E-state index in [9.17, 15) is 15.0 Å². The van der Waals surface area contributed by atoms with Gasteiger partial charge in [0.2, 0.25) is 5.91 Å². The second kappa shape index (κ2) is 35.9. The molecule has 0 heterocycles. The maximum Gasteiger partial charge on any atom is 0.220 e. The fourth-order valence-corrected chi connectivity index (χ4v) is 6.30. The predicted octanol–water partition coefficient (Wildman–Crippen LogP) is 11.7. The van der Waals surface area contributed by atoms with Crippen LogP contribution in [-0.4, -0.2) is 34.9 Å². The number of carbonyl (C=O) groups excluding carboxylic acids is 1. The number of unbranched alkanes of at least 4 members (excludes halogenated alkanes) is 29. The average molecular weight is 610 g/mol. The van der Waals surface area contributed by atoms with E-state index in [4.69, 9.17) is 0 Å². The molecule has 2 atom stereocenters. The van der Waals surface area contributed by atoms with Crippen LogP contribution in [0.15, 0.2) is 0 Å². The number of aliphatic hydroxyl groups excluding tert-OH is 2. The predicted molar refractivity (Wildman–Crippen MR) is 189 cm³/mol. The SMILES string of the molecule is CCCCCCCCCCCCCCCCCCCCCCCC(O)C(CO)NC(=O)CCCCCCCCCCCC. The average Bonchev–Trinajstić information content (AvgIpc) is 3.01. The minimum atomic E-state index is -0.651. The van der Waals surface area contributed by atoms with Crippen LogP contribution >= 0.6 is 0 Å². The Morgan fingerprint density at radius 3 is 1.05 bits per heavy atom. The topological polar surface area (TPSA) is 69.6 Å². The molecule has 4 nitrogen and oxygen atoms in total. The van der Waals surface area contributed by atoms with Crippen LogP contribution in [0.2, 0.25) is 0 Å². The van der Waals surface area contributed by atoms with Crippen molar-refractivity contribution in [3.8, 4) is 0 Å². The Kier molecular flexibility index (Phi) is 35.4. The van der Waals surface area contributed by atoms with Crippen molar-refractivity contribution < 1.29 is 15.0 Å². The first-order chi connectivity index (χ1) is 21.2. The van der Waals surface area contributed by atoms with Crippen molar-refractivity contribution in [3.63, 3.8) is 0 Å². The molecule has 0 saturated heterocycles. The third-order valence-corrected chi connectivity index (χ3v) is 9.37. The van der Waals surface area contributed by atoms with Crippen molar-refractivity contribution in [2.75, 3.05) is 6.61 Å². The van der Waals surface area contributed by atoms with Crippen LogP contribution in [0.25, 0.3) is 0 Å². The van der Waals surface area contributed by atoms with Gasteiger partial charge in [0.1, 0.15) is 0 Å². The first-order valence-electron chi connectivity index (χ1n) is 19.7. The summed E-state index contributed by atoms with van der Waals surface area (Å²) < 4.78 is 0. The second-order valence-corrected chi connectivity index (χ2v) is 13.7. The summed E-state index contributed by atoms with van der Waals surface area (Å²) in [7, 11) is 0. The third kappa shape index (κ3) is 32.6. The molecular formula is C39H79NO3. The highest BCUT2D eigenvalue weighted by molar-refractivity contribution is 5.76. The van der Waals surface area contributed by atoms with E-state index >= 15 is 0 Å². The Balaban J connectivity index is 3.45. The van der Waals surface area contributed by atoms with Crippen molar-refractivity contribution in [2.45, 2.75) is 238 Å². The van der Waals surface area contributed by atoms with Crippen molar-refractivity contribution >= 4 is 5.91 Å². The summed E-state index contributed by atoms with van der Waals surface area (Å²) in [6, 6.07) is -0.527. The first-order valence-corrected chi connectivity index (χ1v) is 19.7. The summed E-state index contributed by atoms with van der Waals surface area (Å²) in [4.78, 5) is 12.3. The molecule has 0 aliphatic carbocycles. The smallest absolute Gasteiger partial charge is 0.220 e. The monoisotopic (exact) mass is 610 g/mol. The van der Waals surface area contributed by atoms with Crippen LogP contribution < -0.4 is 5.32 Å². The first kappa shape index (κ1) is 42.4. The molecule has 0 aromatic rings. The number of aliphatic hydroxyl groups is 2. The molecule has 2 unspecified atom stereocenters. The van der Waals surface area contributed by atoms with E-state index in [1.165, 1.54) is 173 Å². The molecule has 0 radical (unpaired) electrons. The number of amides is 1. The number of hydrogen-bond acceptors (Lipinski definition) is 3. The van der Waals surface area contributed by atoms with Crippen LogP contribution in [-0.2, 0) is 4.79 Å². The Hall–Kier alpha value is -0.610. The van der Waals surface area contributed by atoms with Crippen molar-refractivity contribution in [2.24, 2.45) is 0 Å². The lowest BCUT2D eigenvalue weighted by atomic mass is 10.0. The van der Waals surface area contributed by atoms with E-state index in [-0.39, 0.29) is 12.5 Å². The Morgan fingerprint density at radius 1 is 0.465 bits per heavy atom. The van der Waals surface area contributed by atoms with Gasteiger partial charge >= 0.3 is 0 Å². The molecule has 0 aliphatic heterocycles. The van der Waals surface area contributed by atoms with E-state index < -0.39 is 12.1 Å². The van der Waals surface area contributed by atoms with Gasteiger partial charge in [-0.3, -0.25) is 4.79 Å². The molecule has 0 aromatic carbocycles. The van der Waals surface area contributed by atoms with Gasteiger partial charge < -0.3 is 15.5 Å². The van der Waals surface area contributed by atoms with Crippen LogP contribution in [0.5, 0.6) is 0 Å². The van der Waals surface area contributed by atoms with Crippen LogP contribution in [0.1, 0.15) is 226 Å². The van der Waals surface area contributed by atoms with Gasteiger partial charge in [0, 0.05) is 6.42 Å². The lowest BCUT2D eigenvalue weighted by Gasteiger charge is -2.22. The zero-order chi connectivity index (χ0) is 31.5. The van der Waals surface area contributed by atoms with Gasteiger partial charge in [0.05, 0.1) is 18.8 Å². The van der Waals surface area contributed by atoms with E-state index in [1.807, 2.05) is 0 Å². The van der Waals surface area contributed by atoms with Gasteiger partial charge in [-0.15, -0.1) is 0 Å². The number of nitrogens with one attached hydrogen (secondary N) is 1. The number of rotatable bonds is 36. The van der Waals surface area contributed by atoms with Crippen molar-refractivity contribution in [1.82, 2.24) is 5.32 Å². The highest BCUT2D eigenvalue weighted by Gasteiger charge is 2.19. The standard InChI is InChI=1S/C39H79NO3/c1-3-5-7-9-11-13-15-16-17-18-19-20-21-22-23-24-25-26-28-30-32-34-38(42)37(36-41)40-39(43)35-33-31-29-27-14-12-10-8-6-4-2/h37-38,41-42H,3-36H2,1-2H3,(H,40,43). The Labute approximate surface area is 270 Å². The fourth-order valence-electron chi connectivity index (χ4n) is 6.30. The van der Waals surface area contributed by atoms with Crippen LogP contribution in [0, 0.1) is 0 Å². The Bertz CT molecular complexity index is 541. The maximum atomic E-state index is 12.3. The van der Waals surface area contributed by atoms with Crippen molar-refractivity contribution in [1.29, 1.82) is 0 Å². The zero-order valence-electron chi connectivity index (χ0n) is 29.5. The second-order valence-electron chi connectivity index (χ2n) is 13.7. The lowest BCUT2D eigenvalue weighted by molar-refractivity contribution is -0.123. The quantitative estimate of drug-likeness (QED) is 0.0619. The molecule has 0 aromatic heterocycles. The summed E-state index contributed by atoms with van der Waals surface area (Å²) in [6.45, 7) is 4.35. The minimum Gasteiger partial charge on any atom is -0.394 e. The summed E-state index contributed by atoms with van der Waals surface area (Å²) in [6.07, 6.45) is 41.7. The number of hydrogen-bond donors (Lipinski definition) is 3. The molecule has 258 valence electrons. The van der Waals surface area contributed by atoms with Gasteiger partial charge in [-0.1, -0.05) is 206 Å². The molecule has 0 saturated carbocycles. The van der Waals surface area contributed by atoms with Gasteiger partial charge in [0.15, 0.2) is 0 Å². The molecular weight excluding hydrogens is 530 g/mol. The van der Waals surface area contributed by atoms with E-state index in [1.54, 1.807) is 0 Å². The largest absolute Gasteiger partial charge is 0.394 e. The summed E-state index contributed by atoms with van der Waals surface area (Å²) in [5.41, 5.74) is 0. The Morgan fingerprint density at radius 2 is 0.744 bits per heavy atom. The molecule has 1 amide bonds.